The van der Waals surface area contributed by atoms with Crippen LogP contribution in [0, 0.1) is 3.57 Å². The molecule has 0 atom stereocenters. The average molecular weight is 392 g/mol. The Balaban J connectivity index is 2.33. The number of nitrogens with zero attached hydrogens (tertiary/aromatic N) is 2. The molecule has 1 heterocycles. The van der Waals surface area contributed by atoms with Crippen LogP contribution in [0.1, 0.15) is 0 Å². The summed E-state index contributed by atoms with van der Waals surface area (Å²) in [7, 11) is 3.12. The van der Waals surface area contributed by atoms with Gasteiger partial charge in [0.2, 0.25) is 5.95 Å². The van der Waals surface area contributed by atoms with Gasteiger partial charge in [-0.05, 0) is 28.7 Å². The number of ether oxygens (including phenoxy) is 2. The Kier molecular flexibility index (Phi) is 4.65. The number of methoxy groups -OCH3 is 2. The number of hydrogen-bond acceptors (Lipinski definition) is 5. The number of halogens is 2. The number of benzene rings is 1. The Morgan fingerprint density at radius 2 is 1.74 bits per heavy atom. The molecular formula is C12H11ClIN3O2. The third kappa shape index (κ3) is 3.38. The molecule has 0 spiro atoms. The lowest BCUT2D eigenvalue weighted by atomic mass is 10.2. The van der Waals surface area contributed by atoms with Gasteiger partial charge >= 0.3 is 0 Å². The molecule has 19 heavy (non-hydrogen) atoms. The Hall–Kier alpha value is -1.28. The number of nitrogens with one attached hydrogen (secondary N) is 1. The fraction of sp³-hybridized carbons (Fsp3) is 0.167. The van der Waals surface area contributed by atoms with E-state index in [1.807, 2.05) is 0 Å². The number of rotatable bonds is 4. The first-order valence-corrected chi connectivity index (χ1v) is 6.76. The van der Waals surface area contributed by atoms with Crippen molar-refractivity contribution in [3.63, 3.8) is 0 Å². The molecule has 0 aliphatic carbocycles. The van der Waals surface area contributed by atoms with Crippen LogP contribution in [0.5, 0.6) is 11.5 Å². The third-order valence-electron chi connectivity index (χ3n) is 2.34. The van der Waals surface area contributed by atoms with E-state index in [4.69, 9.17) is 21.1 Å². The van der Waals surface area contributed by atoms with Crippen molar-refractivity contribution in [2.45, 2.75) is 0 Å². The number of anilines is 2. The first kappa shape index (κ1) is 14.1. The van der Waals surface area contributed by atoms with Crippen molar-refractivity contribution in [3.8, 4) is 11.5 Å². The number of hydrogen-bond donors (Lipinski definition) is 1. The molecule has 0 aliphatic rings. The third-order valence-corrected chi connectivity index (χ3v) is 3.19. The lowest BCUT2D eigenvalue weighted by Crippen LogP contribution is -2.00. The normalized spacial score (nSPS) is 10.1. The zero-order valence-electron chi connectivity index (χ0n) is 10.3. The Bertz CT molecular complexity index is 578. The molecule has 0 unspecified atom stereocenters. The quantitative estimate of drug-likeness (QED) is 0.809. The lowest BCUT2D eigenvalue weighted by molar-refractivity contribution is 0.396. The molecule has 100 valence electrons. The summed E-state index contributed by atoms with van der Waals surface area (Å²) in [5.74, 6) is 1.62. The van der Waals surface area contributed by atoms with Crippen LogP contribution in [-0.4, -0.2) is 24.2 Å². The molecule has 7 heteroatoms. The zero-order chi connectivity index (χ0) is 13.8. The van der Waals surface area contributed by atoms with Gasteiger partial charge in [0.1, 0.15) is 11.5 Å². The van der Waals surface area contributed by atoms with Crippen molar-refractivity contribution >= 4 is 45.8 Å². The first-order valence-electron chi connectivity index (χ1n) is 5.30. The van der Waals surface area contributed by atoms with Gasteiger partial charge in [-0.1, -0.05) is 11.6 Å². The molecule has 0 saturated carbocycles. The smallest absolute Gasteiger partial charge is 0.227 e. The van der Waals surface area contributed by atoms with E-state index in [1.54, 1.807) is 38.7 Å². The predicted molar refractivity (Wildman–Crippen MR) is 82.6 cm³/mol. The van der Waals surface area contributed by atoms with Crippen molar-refractivity contribution in [2.24, 2.45) is 0 Å². The summed E-state index contributed by atoms with van der Waals surface area (Å²) in [6.07, 6.45) is 3.43. The minimum Gasteiger partial charge on any atom is -0.495 e. The zero-order valence-corrected chi connectivity index (χ0v) is 13.2. The van der Waals surface area contributed by atoms with Gasteiger partial charge in [-0.25, -0.2) is 9.97 Å². The molecule has 0 fully saturated rings. The molecule has 5 nitrogen and oxygen atoms in total. The summed E-state index contributed by atoms with van der Waals surface area (Å²) in [5.41, 5.74) is 0.675. The van der Waals surface area contributed by atoms with E-state index in [-0.39, 0.29) is 0 Å². The van der Waals surface area contributed by atoms with E-state index < -0.39 is 0 Å². The Morgan fingerprint density at radius 1 is 1.11 bits per heavy atom. The fourth-order valence-corrected chi connectivity index (χ4v) is 1.97. The topological polar surface area (TPSA) is 56.3 Å². The van der Waals surface area contributed by atoms with Crippen LogP contribution in [0.25, 0.3) is 0 Å². The van der Waals surface area contributed by atoms with Crippen LogP contribution >= 0.6 is 34.2 Å². The Labute approximate surface area is 129 Å². The summed E-state index contributed by atoms with van der Waals surface area (Å²) in [4.78, 5) is 8.32. The van der Waals surface area contributed by atoms with Gasteiger partial charge in [0.05, 0.1) is 24.9 Å². The van der Waals surface area contributed by atoms with Crippen LogP contribution in [0.15, 0.2) is 24.5 Å². The number of aromatic nitrogens is 2. The molecule has 2 rings (SSSR count). The maximum atomic E-state index is 6.09. The van der Waals surface area contributed by atoms with E-state index in [9.17, 15) is 0 Å². The molecule has 1 N–H and O–H groups in total. The second-order valence-corrected chi connectivity index (χ2v) is 5.19. The average Bonchev–Trinajstić information content (AvgIpc) is 2.42. The van der Waals surface area contributed by atoms with E-state index >= 15 is 0 Å². The summed E-state index contributed by atoms with van der Waals surface area (Å²) >= 11 is 8.23. The highest BCUT2D eigenvalue weighted by Crippen LogP contribution is 2.36. The van der Waals surface area contributed by atoms with E-state index in [2.05, 4.69) is 37.9 Å². The molecular weight excluding hydrogens is 381 g/mol. The highest BCUT2D eigenvalue weighted by molar-refractivity contribution is 14.1. The maximum absolute atomic E-state index is 6.09. The first-order chi connectivity index (χ1) is 9.13. The van der Waals surface area contributed by atoms with Gasteiger partial charge in [-0.3, -0.25) is 0 Å². The summed E-state index contributed by atoms with van der Waals surface area (Å²) in [5, 5.41) is 3.53. The van der Waals surface area contributed by atoms with Crippen molar-refractivity contribution in [3.05, 3.63) is 33.1 Å². The van der Waals surface area contributed by atoms with Crippen LogP contribution in [0.2, 0.25) is 5.02 Å². The highest BCUT2D eigenvalue weighted by atomic mass is 127. The van der Waals surface area contributed by atoms with E-state index in [0.717, 1.165) is 3.57 Å². The second kappa shape index (κ2) is 6.25. The molecule has 1 aromatic heterocycles. The molecule has 0 radical (unpaired) electrons. The summed E-state index contributed by atoms with van der Waals surface area (Å²) in [6.45, 7) is 0. The van der Waals surface area contributed by atoms with E-state index in [0.29, 0.717) is 28.2 Å². The molecule has 0 amide bonds. The van der Waals surface area contributed by atoms with Crippen LogP contribution < -0.4 is 14.8 Å². The van der Waals surface area contributed by atoms with Crippen molar-refractivity contribution in [2.75, 3.05) is 19.5 Å². The van der Waals surface area contributed by atoms with Gasteiger partial charge < -0.3 is 14.8 Å². The minimum atomic E-state index is 0.472. The van der Waals surface area contributed by atoms with Crippen molar-refractivity contribution in [1.29, 1.82) is 0 Å². The largest absolute Gasteiger partial charge is 0.495 e. The van der Waals surface area contributed by atoms with Gasteiger partial charge in [0.25, 0.3) is 0 Å². The van der Waals surface area contributed by atoms with Crippen LogP contribution in [-0.2, 0) is 0 Å². The standard InChI is InChI=1S/C12H11ClIN3O2/c1-18-10-4-11(19-2)9(3-8(10)13)17-12-15-5-7(14)6-16-12/h3-6H,1-2H3,(H,15,16,17). The molecule has 1 aromatic carbocycles. The molecule has 0 bridgehead atoms. The molecule has 0 aliphatic heterocycles. The fourth-order valence-electron chi connectivity index (χ4n) is 1.46. The second-order valence-electron chi connectivity index (χ2n) is 3.54. The summed E-state index contributed by atoms with van der Waals surface area (Å²) < 4.78 is 11.4. The summed E-state index contributed by atoms with van der Waals surface area (Å²) in [6, 6.07) is 3.41. The lowest BCUT2D eigenvalue weighted by Gasteiger charge is -2.12. The maximum Gasteiger partial charge on any atom is 0.227 e. The van der Waals surface area contributed by atoms with Crippen molar-refractivity contribution < 1.29 is 9.47 Å². The molecule has 0 saturated heterocycles. The molecule has 2 aromatic rings. The Morgan fingerprint density at radius 3 is 2.32 bits per heavy atom. The highest BCUT2D eigenvalue weighted by Gasteiger charge is 2.10. The predicted octanol–water partition coefficient (Wildman–Crippen LogP) is 3.50. The van der Waals surface area contributed by atoms with Crippen LogP contribution in [0.4, 0.5) is 11.6 Å². The SMILES string of the molecule is COc1cc(OC)c(Nc2ncc(I)cn2)cc1Cl. The van der Waals surface area contributed by atoms with Crippen molar-refractivity contribution in [1.82, 2.24) is 9.97 Å². The van der Waals surface area contributed by atoms with Crippen LogP contribution in [0.3, 0.4) is 0 Å². The van der Waals surface area contributed by atoms with Gasteiger partial charge in [-0.15, -0.1) is 0 Å². The minimum absolute atomic E-state index is 0.472. The van der Waals surface area contributed by atoms with E-state index in [1.165, 1.54) is 0 Å². The monoisotopic (exact) mass is 391 g/mol. The van der Waals surface area contributed by atoms with Gasteiger partial charge in [0.15, 0.2) is 0 Å². The van der Waals surface area contributed by atoms with Gasteiger partial charge in [-0.2, -0.15) is 0 Å². The van der Waals surface area contributed by atoms with Gasteiger partial charge in [0, 0.05) is 22.0 Å².